The van der Waals surface area contributed by atoms with Crippen molar-refractivity contribution in [1.29, 1.82) is 0 Å². The highest BCUT2D eigenvalue weighted by Crippen LogP contribution is 2.38. The molecule has 2 N–H and O–H groups in total. The molecule has 1 saturated heterocycles. The van der Waals surface area contributed by atoms with Crippen LogP contribution >= 0.6 is 52.3 Å². The minimum Gasteiger partial charge on any atom is -0.506 e. The molecule has 1 aromatic carbocycles. The van der Waals surface area contributed by atoms with Crippen LogP contribution in [-0.4, -0.2) is 36.2 Å². The van der Waals surface area contributed by atoms with Crippen molar-refractivity contribution < 1.29 is 5.11 Å². The molecule has 20 heavy (non-hydrogen) atoms. The lowest BCUT2D eigenvalue weighted by atomic mass is 10.0. The van der Waals surface area contributed by atoms with Gasteiger partial charge in [0.15, 0.2) is 0 Å². The average molecular weight is 407 g/mol. The van der Waals surface area contributed by atoms with E-state index in [9.17, 15) is 5.11 Å². The summed E-state index contributed by atoms with van der Waals surface area (Å²) in [6.45, 7) is 6.14. The van der Waals surface area contributed by atoms with Crippen LogP contribution in [0.4, 0.5) is 0 Å². The summed E-state index contributed by atoms with van der Waals surface area (Å²) in [4.78, 5) is 2.40. The molecule has 1 aromatic rings. The number of phenols is 1. The van der Waals surface area contributed by atoms with Crippen LogP contribution in [0.15, 0.2) is 16.6 Å². The number of hydrogen-bond acceptors (Lipinski definition) is 3. The molecule has 0 bridgehead atoms. The van der Waals surface area contributed by atoms with E-state index in [1.54, 1.807) is 6.07 Å². The summed E-state index contributed by atoms with van der Waals surface area (Å²) in [5.41, 5.74) is 0.916. The zero-order valence-corrected chi connectivity index (χ0v) is 15.2. The molecule has 1 aliphatic rings. The van der Waals surface area contributed by atoms with E-state index in [2.05, 4.69) is 33.1 Å². The molecule has 0 spiro atoms. The van der Waals surface area contributed by atoms with E-state index >= 15 is 0 Å². The van der Waals surface area contributed by atoms with Crippen molar-refractivity contribution in [3.63, 3.8) is 0 Å². The summed E-state index contributed by atoms with van der Waals surface area (Å²) in [5.74, 6) is 0.213. The number of rotatable bonds is 3. The maximum atomic E-state index is 10.2. The number of halogens is 4. The first-order valence-electron chi connectivity index (χ1n) is 6.26. The summed E-state index contributed by atoms with van der Waals surface area (Å²) in [7, 11) is 0. The first-order chi connectivity index (χ1) is 8.63. The third-order valence-electron chi connectivity index (χ3n) is 3.40. The molecule has 2 rings (SSSR count). The lowest BCUT2D eigenvalue weighted by Gasteiger charge is -2.35. The molecule has 1 atom stereocenters. The Hall–Kier alpha value is 0.290. The molecule has 0 unspecified atom stereocenters. The third-order valence-corrected chi connectivity index (χ3v) is 4.14. The lowest BCUT2D eigenvalue weighted by molar-refractivity contribution is 0.167. The van der Waals surface area contributed by atoms with Gasteiger partial charge in [-0.05, 0) is 18.6 Å². The van der Waals surface area contributed by atoms with Crippen LogP contribution in [0.2, 0.25) is 5.02 Å². The van der Waals surface area contributed by atoms with Gasteiger partial charge >= 0.3 is 0 Å². The van der Waals surface area contributed by atoms with Gasteiger partial charge in [-0.15, -0.1) is 24.8 Å². The van der Waals surface area contributed by atoms with Crippen molar-refractivity contribution in [1.82, 2.24) is 10.2 Å². The van der Waals surface area contributed by atoms with Crippen LogP contribution in [0.3, 0.4) is 0 Å². The molecule has 116 valence electrons. The predicted molar refractivity (Wildman–Crippen MR) is 92.8 cm³/mol. The Morgan fingerprint density at radius 3 is 2.50 bits per heavy atom. The molecule has 3 nitrogen and oxygen atoms in total. The standard InChI is InChI=1S/C13H18BrClN2O.2ClH/c1-2-12(17-5-3-16-4-6-17)10-7-9(14)8-11(15)13(10)18;;/h7-8,12,16,18H,2-6H2,1H3;2*1H/t12-;;/m1../s1. The third kappa shape index (κ3) is 4.65. The van der Waals surface area contributed by atoms with Gasteiger partial charge in [-0.2, -0.15) is 0 Å². The maximum absolute atomic E-state index is 10.2. The van der Waals surface area contributed by atoms with E-state index < -0.39 is 0 Å². The Kier molecular flexibility index (Phi) is 9.47. The molecule has 1 aliphatic heterocycles. The molecule has 1 heterocycles. The maximum Gasteiger partial charge on any atom is 0.139 e. The highest BCUT2D eigenvalue weighted by atomic mass is 79.9. The SMILES string of the molecule is CC[C@H](c1cc(Br)cc(Cl)c1O)N1CCNCC1.Cl.Cl. The van der Waals surface area contributed by atoms with Crippen LogP contribution in [0.25, 0.3) is 0 Å². The van der Waals surface area contributed by atoms with Gasteiger partial charge in [-0.1, -0.05) is 34.5 Å². The van der Waals surface area contributed by atoms with Gasteiger partial charge in [0.2, 0.25) is 0 Å². The van der Waals surface area contributed by atoms with E-state index in [0.717, 1.165) is 42.6 Å². The summed E-state index contributed by atoms with van der Waals surface area (Å²) in [6.07, 6.45) is 0.959. The van der Waals surface area contributed by atoms with Crippen molar-refractivity contribution in [2.24, 2.45) is 0 Å². The number of nitrogens with one attached hydrogen (secondary N) is 1. The molecule has 0 amide bonds. The van der Waals surface area contributed by atoms with Crippen molar-refractivity contribution in [2.75, 3.05) is 26.2 Å². The molecular formula is C13H20BrCl3N2O. The zero-order valence-electron chi connectivity index (χ0n) is 11.2. The first-order valence-corrected chi connectivity index (χ1v) is 7.43. The van der Waals surface area contributed by atoms with Gasteiger partial charge in [0.05, 0.1) is 5.02 Å². The quantitative estimate of drug-likeness (QED) is 0.796. The van der Waals surface area contributed by atoms with E-state index in [0.29, 0.717) is 5.02 Å². The Morgan fingerprint density at radius 1 is 1.35 bits per heavy atom. The monoisotopic (exact) mass is 404 g/mol. The molecular weight excluding hydrogens is 386 g/mol. The lowest BCUT2D eigenvalue weighted by Crippen LogP contribution is -2.45. The van der Waals surface area contributed by atoms with Crippen LogP contribution in [-0.2, 0) is 0 Å². The molecule has 0 aromatic heterocycles. The second-order valence-electron chi connectivity index (χ2n) is 4.54. The Bertz CT molecular complexity index is 428. The molecule has 7 heteroatoms. The number of phenolic OH excluding ortho intramolecular Hbond substituents is 1. The molecule has 0 aliphatic carbocycles. The van der Waals surface area contributed by atoms with Gasteiger partial charge in [0.1, 0.15) is 5.75 Å². The average Bonchev–Trinajstić information content (AvgIpc) is 2.37. The summed E-state index contributed by atoms with van der Waals surface area (Å²) >= 11 is 9.49. The Balaban J connectivity index is 0.00000180. The fourth-order valence-electron chi connectivity index (χ4n) is 2.51. The van der Waals surface area contributed by atoms with Gasteiger partial charge in [0, 0.05) is 42.3 Å². The number of nitrogens with zero attached hydrogens (tertiary/aromatic N) is 1. The smallest absolute Gasteiger partial charge is 0.139 e. The second kappa shape index (κ2) is 9.34. The van der Waals surface area contributed by atoms with Crippen molar-refractivity contribution >= 4 is 52.3 Å². The number of aromatic hydroxyl groups is 1. The van der Waals surface area contributed by atoms with Gasteiger partial charge in [-0.25, -0.2) is 0 Å². The van der Waals surface area contributed by atoms with Gasteiger partial charge < -0.3 is 10.4 Å². The normalized spacial score (nSPS) is 16.9. The fourth-order valence-corrected chi connectivity index (χ4v) is 3.34. The van der Waals surface area contributed by atoms with E-state index in [-0.39, 0.29) is 36.6 Å². The van der Waals surface area contributed by atoms with Crippen LogP contribution < -0.4 is 5.32 Å². The largest absolute Gasteiger partial charge is 0.506 e. The highest BCUT2D eigenvalue weighted by molar-refractivity contribution is 9.10. The molecule has 0 saturated carbocycles. The highest BCUT2D eigenvalue weighted by Gasteiger charge is 2.24. The minimum atomic E-state index is 0. The second-order valence-corrected chi connectivity index (χ2v) is 5.86. The predicted octanol–water partition coefficient (Wildman–Crippen LogP) is 4.01. The van der Waals surface area contributed by atoms with Crippen LogP contribution in [0, 0.1) is 0 Å². The first kappa shape index (κ1) is 20.3. The van der Waals surface area contributed by atoms with Gasteiger partial charge in [0.25, 0.3) is 0 Å². The number of benzene rings is 1. The summed E-state index contributed by atoms with van der Waals surface area (Å²) in [5, 5.41) is 13.9. The van der Waals surface area contributed by atoms with E-state index in [4.69, 9.17) is 11.6 Å². The number of hydrogen-bond donors (Lipinski definition) is 2. The zero-order chi connectivity index (χ0) is 13.1. The van der Waals surface area contributed by atoms with Crippen molar-refractivity contribution in [3.05, 3.63) is 27.2 Å². The number of piperazine rings is 1. The van der Waals surface area contributed by atoms with Crippen molar-refractivity contribution in [3.8, 4) is 5.75 Å². The van der Waals surface area contributed by atoms with E-state index in [1.807, 2.05) is 6.07 Å². The molecule has 1 fully saturated rings. The fraction of sp³-hybridized carbons (Fsp3) is 0.538. The van der Waals surface area contributed by atoms with Crippen LogP contribution in [0.5, 0.6) is 5.75 Å². The summed E-state index contributed by atoms with van der Waals surface area (Å²) < 4.78 is 0.911. The Morgan fingerprint density at radius 2 is 1.95 bits per heavy atom. The minimum absolute atomic E-state index is 0. The van der Waals surface area contributed by atoms with E-state index in [1.165, 1.54) is 0 Å². The summed E-state index contributed by atoms with van der Waals surface area (Å²) in [6, 6.07) is 3.92. The Labute approximate surface area is 146 Å². The van der Waals surface area contributed by atoms with Crippen LogP contribution in [0.1, 0.15) is 24.9 Å². The molecule has 0 radical (unpaired) electrons. The van der Waals surface area contributed by atoms with Crippen molar-refractivity contribution in [2.45, 2.75) is 19.4 Å². The topological polar surface area (TPSA) is 35.5 Å². The van der Waals surface area contributed by atoms with Gasteiger partial charge in [-0.3, -0.25) is 4.90 Å².